The zero-order valence-electron chi connectivity index (χ0n) is 12.3. The van der Waals surface area contributed by atoms with E-state index >= 15 is 0 Å². The Morgan fingerprint density at radius 1 is 1.29 bits per heavy atom. The average Bonchev–Trinajstić information content (AvgIpc) is 3.14. The molecule has 6 heteroatoms. The summed E-state index contributed by atoms with van der Waals surface area (Å²) in [4.78, 5) is 0.280. The minimum absolute atomic E-state index is 0.280. The van der Waals surface area contributed by atoms with Crippen molar-refractivity contribution >= 4 is 10.0 Å². The van der Waals surface area contributed by atoms with Gasteiger partial charge in [0.1, 0.15) is 10.6 Å². The minimum atomic E-state index is -3.43. The number of rotatable bonds is 6. The van der Waals surface area contributed by atoms with E-state index in [-0.39, 0.29) is 4.90 Å². The first kappa shape index (κ1) is 14.8. The lowest BCUT2D eigenvalue weighted by atomic mass is 10.2. The summed E-state index contributed by atoms with van der Waals surface area (Å²) in [6.45, 7) is 1.97. The van der Waals surface area contributed by atoms with Gasteiger partial charge in [0.15, 0.2) is 0 Å². The zero-order valence-corrected chi connectivity index (χ0v) is 13.2. The van der Waals surface area contributed by atoms with Crippen LogP contribution in [0.4, 0.5) is 0 Å². The summed E-state index contributed by atoms with van der Waals surface area (Å²) >= 11 is 0. The second kappa shape index (κ2) is 5.94. The number of methoxy groups -OCH3 is 1. The molecule has 2 aliphatic rings. The third-order valence-corrected chi connectivity index (χ3v) is 6.02. The highest BCUT2D eigenvalue weighted by Gasteiger charge is 2.30. The molecule has 0 spiro atoms. The Morgan fingerprint density at radius 2 is 2.00 bits per heavy atom. The highest BCUT2D eigenvalue weighted by Crippen LogP contribution is 2.30. The number of hydrogen-bond donors (Lipinski definition) is 1. The van der Waals surface area contributed by atoms with Gasteiger partial charge in [-0.05, 0) is 43.4 Å². The molecule has 0 atom stereocenters. The van der Waals surface area contributed by atoms with Crippen LogP contribution in [0.3, 0.4) is 0 Å². The Labute approximate surface area is 126 Å². The molecule has 1 aromatic rings. The van der Waals surface area contributed by atoms with Gasteiger partial charge in [0.05, 0.1) is 7.11 Å². The van der Waals surface area contributed by atoms with E-state index in [1.807, 2.05) is 12.1 Å². The molecule has 2 fully saturated rings. The maximum atomic E-state index is 12.6. The predicted octanol–water partition coefficient (Wildman–Crippen LogP) is 1.73. The molecular weight excluding hydrogens is 288 g/mol. The van der Waals surface area contributed by atoms with Crippen LogP contribution in [0, 0.1) is 0 Å². The first-order chi connectivity index (χ1) is 10.1. The van der Waals surface area contributed by atoms with Crippen molar-refractivity contribution in [2.75, 3.05) is 20.2 Å². The fourth-order valence-corrected chi connectivity index (χ4v) is 4.31. The maximum absolute atomic E-state index is 12.6. The lowest BCUT2D eigenvalue weighted by Crippen LogP contribution is -2.28. The summed E-state index contributed by atoms with van der Waals surface area (Å²) in [5, 5.41) is 3.42. The summed E-state index contributed by atoms with van der Waals surface area (Å²) in [7, 11) is -1.90. The number of hydrogen-bond acceptors (Lipinski definition) is 4. The van der Waals surface area contributed by atoms with Crippen LogP contribution in [0.1, 0.15) is 31.2 Å². The van der Waals surface area contributed by atoms with Gasteiger partial charge >= 0.3 is 0 Å². The molecule has 0 bridgehead atoms. The van der Waals surface area contributed by atoms with Crippen LogP contribution in [-0.4, -0.2) is 39.0 Å². The van der Waals surface area contributed by atoms with E-state index in [9.17, 15) is 8.42 Å². The van der Waals surface area contributed by atoms with Gasteiger partial charge in [0.2, 0.25) is 10.0 Å². The van der Waals surface area contributed by atoms with Crippen molar-refractivity contribution in [2.45, 2.75) is 43.2 Å². The van der Waals surface area contributed by atoms with Crippen LogP contribution >= 0.6 is 0 Å². The average molecular weight is 310 g/mol. The summed E-state index contributed by atoms with van der Waals surface area (Å²) in [5.41, 5.74) is 1.05. The standard InChI is InChI=1S/C15H22N2O3S/c1-20-14-10-12(11-16-13-5-6-13)4-7-15(14)21(18,19)17-8-2-3-9-17/h4,7,10,13,16H,2-3,5-6,8-9,11H2,1H3. The highest BCUT2D eigenvalue weighted by atomic mass is 32.2. The van der Waals surface area contributed by atoms with Gasteiger partial charge < -0.3 is 10.1 Å². The van der Waals surface area contributed by atoms with Crippen LogP contribution in [0.15, 0.2) is 23.1 Å². The monoisotopic (exact) mass is 310 g/mol. The molecule has 1 N–H and O–H groups in total. The Bertz CT molecular complexity index is 605. The predicted molar refractivity (Wildman–Crippen MR) is 80.8 cm³/mol. The van der Waals surface area contributed by atoms with Crippen molar-refractivity contribution in [3.05, 3.63) is 23.8 Å². The lowest BCUT2D eigenvalue weighted by molar-refractivity contribution is 0.397. The molecule has 3 rings (SSSR count). The van der Waals surface area contributed by atoms with Gasteiger partial charge in [0.25, 0.3) is 0 Å². The van der Waals surface area contributed by atoms with Gasteiger partial charge in [0, 0.05) is 25.7 Å². The van der Waals surface area contributed by atoms with E-state index in [2.05, 4.69) is 5.32 Å². The van der Waals surface area contributed by atoms with E-state index < -0.39 is 10.0 Å². The third-order valence-electron chi connectivity index (χ3n) is 4.08. The Balaban J connectivity index is 1.83. The number of nitrogens with zero attached hydrogens (tertiary/aromatic N) is 1. The SMILES string of the molecule is COc1cc(CNC2CC2)ccc1S(=O)(=O)N1CCCC1. The smallest absolute Gasteiger partial charge is 0.246 e. The van der Waals surface area contributed by atoms with Gasteiger partial charge in [-0.15, -0.1) is 0 Å². The van der Waals surface area contributed by atoms with Crippen LogP contribution < -0.4 is 10.1 Å². The van der Waals surface area contributed by atoms with Gasteiger partial charge in [-0.25, -0.2) is 8.42 Å². The molecule has 21 heavy (non-hydrogen) atoms. The van der Waals surface area contributed by atoms with Crippen molar-refractivity contribution < 1.29 is 13.2 Å². The first-order valence-corrected chi connectivity index (χ1v) is 8.96. The lowest BCUT2D eigenvalue weighted by Gasteiger charge is -2.18. The molecule has 0 amide bonds. The number of ether oxygens (including phenoxy) is 1. The zero-order chi connectivity index (χ0) is 14.9. The molecule has 1 aliphatic carbocycles. The van der Waals surface area contributed by atoms with E-state index in [1.54, 1.807) is 10.4 Å². The third kappa shape index (κ3) is 3.22. The largest absolute Gasteiger partial charge is 0.495 e. The van der Waals surface area contributed by atoms with E-state index in [0.717, 1.165) is 24.9 Å². The Kier molecular flexibility index (Phi) is 4.19. The maximum Gasteiger partial charge on any atom is 0.246 e. The van der Waals surface area contributed by atoms with Gasteiger partial charge in [-0.2, -0.15) is 4.31 Å². The van der Waals surface area contributed by atoms with Gasteiger partial charge in [-0.1, -0.05) is 6.07 Å². The molecule has 5 nitrogen and oxygen atoms in total. The number of nitrogens with one attached hydrogen (secondary N) is 1. The van der Waals surface area contributed by atoms with Crippen molar-refractivity contribution in [3.63, 3.8) is 0 Å². The summed E-state index contributed by atoms with van der Waals surface area (Å²) < 4.78 is 32.1. The quantitative estimate of drug-likeness (QED) is 0.869. The second-order valence-corrected chi connectivity index (χ2v) is 7.66. The molecule has 1 saturated heterocycles. The minimum Gasteiger partial charge on any atom is -0.495 e. The first-order valence-electron chi connectivity index (χ1n) is 7.52. The number of sulfonamides is 1. The van der Waals surface area contributed by atoms with Crippen molar-refractivity contribution in [2.24, 2.45) is 0 Å². The highest BCUT2D eigenvalue weighted by molar-refractivity contribution is 7.89. The normalized spacial score (nSPS) is 19.9. The molecular formula is C15H22N2O3S. The van der Waals surface area contributed by atoms with Crippen LogP contribution in [0.5, 0.6) is 5.75 Å². The number of benzene rings is 1. The van der Waals surface area contributed by atoms with E-state index in [1.165, 1.54) is 20.0 Å². The Morgan fingerprint density at radius 3 is 2.62 bits per heavy atom. The Hall–Kier alpha value is -1.11. The molecule has 0 aromatic heterocycles. The summed E-state index contributed by atoms with van der Waals surface area (Å²) in [6.07, 6.45) is 4.34. The molecule has 1 aliphatic heterocycles. The van der Waals surface area contributed by atoms with E-state index in [4.69, 9.17) is 4.74 Å². The van der Waals surface area contributed by atoms with Crippen LogP contribution in [0.2, 0.25) is 0 Å². The fourth-order valence-electron chi connectivity index (χ4n) is 2.65. The van der Waals surface area contributed by atoms with Crippen LogP contribution in [0.25, 0.3) is 0 Å². The molecule has 1 heterocycles. The van der Waals surface area contributed by atoms with Crippen molar-refractivity contribution in [1.82, 2.24) is 9.62 Å². The van der Waals surface area contributed by atoms with Gasteiger partial charge in [-0.3, -0.25) is 0 Å². The van der Waals surface area contributed by atoms with Crippen molar-refractivity contribution in [1.29, 1.82) is 0 Å². The molecule has 0 radical (unpaired) electrons. The second-order valence-electron chi connectivity index (χ2n) is 5.75. The fraction of sp³-hybridized carbons (Fsp3) is 0.600. The molecule has 1 aromatic carbocycles. The molecule has 0 unspecified atom stereocenters. The van der Waals surface area contributed by atoms with Crippen LogP contribution in [-0.2, 0) is 16.6 Å². The molecule has 1 saturated carbocycles. The van der Waals surface area contributed by atoms with Crippen molar-refractivity contribution in [3.8, 4) is 5.75 Å². The summed E-state index contributed by atoms with van der Waals surface area (Å²) in [6, 6.07) is 6.01. The molecule has 116 valence electrons. The summed E-state index contributed by atoms with van der Waals surface area (Å²) in [5.74, 6) is 0.442. The topological polar surface area (TPSA) is 58.6 Å². The van der Waals surface area contributed by atoms with E-state index in [0.29, 0.717) is 24.9 Å².